The smallest absolute Gasteiger partial charge is 0.0720 e. The average molecular weight is 866 g/mol. The zero-order chi connectivity index (χ0) is 49.7. The highest BCUT2D eigenvalue weighted by Gasteiger charge is 2.48. The predicted molar refractivity (Wildman–Crippen MR) is 281 cm³/mol. The van der Waals surface area contributed by atoms with Crippen molar-refractivity contribution in [1.82, 2.24) is 0 Å². The van der Waals surface area contributed by atoms with E-state index >= 15 is 0 Å². The minimum Gasteiger partial charge on any atom is -0.310 e. The van der Waals surface area contributed by atoms with Gasteiger partial charge in [0.05, 0.1) is 20.7 Å². The summed E-state index contributed by atoms with van der Waals surface area (Å²) in [6.07, 6.45) is 0. The molecule has 0 bridgehead atoms. The highest BCUT2D eigenvalue weighted by Crippen LogP contribution is 2.60. The van der Waals surface area contributed by atoms with Gasteiger partial charge in [-0.1, -0.05) is 170 Å². The van der Waals surface area contributed by atoms with Crippen molar-refractivity contribution in [3.05, 3.63) is 277 Å². The maximum Gasteiger partial charge on any atom is 0.0720 e. The summed E-state index contributed by atoms with van der Waals surface area (Å²) in [7, 11) is 0. The summed E-state index contributed by atoms with van der Waals surface area (Å²) in [6.45, 7) is 0. The molecule has 1 atom stereocenters. The van der Waals surface area contributed by atoms with Gasteiger partial charge in [-0.3, -0.25) is 0 Å². The monoisotopic (exact) mass is 865 g/mol. The molecule has 12 aromatic rings. The molecule has 1 unspecified atom stereocenters. The number of fused-ring (bicyclic) bond motifs is 8. The van der Waals surface area contributed by atoms with Crippen molar-refractivity contribution in [2.45, 2.75) is 5.41 Å². The fourth-order valence-electron chi connectivity index (χ4n) is 10.3. The Bertz CT molecular complexity index is 4160. The topological polar surface area (TPSA) is 6.48 Å². The first-order valence-corrected chi connectivity index (χ1v) is 22.9. The number of thiophene rings is 1. The van der Waals surface area contributed by atoms with Gasteiger partial charge in [0, 0.05) is 54.0 Å². The number of hydrogen-bond acceptors (Lipinski definition) is 3. The molecule has 11 aromatic carbocycles. The van der Waals surface area contributed by atoms with E-state index in [4.69, 9.17) is 4.11 Å². The van der Waals surface area contributed by atoms with E-state index in [0.717, 1.165) is 92.9 Å². The number of rotatable bonds is 8. The van der Waals surface area contributed by atoms with Crippen molar-refractivity contribution in [3.63, 3.8) is 0 Å². The Balaban J connectivity index is 1.21. The first kappa shape index (κ1) is 31.6. The lowest BCUT2D eigenvalue weighted by atomic mass is 9.66. The maximum absolute atomic E-state index is 10.4. The van der Waals surface area contributed by atoms with Gasteiger partial charge >= 0.3 is 0 Å². The van der Waals surface area contributed by atoms with E-state index in [-0.39, 0.29) is 34.5 Å². The van der Waals surface area contributed by atoms with Gasteiger partial charge < -0.3 is 9.80 Å². The molecular weight excluding hydrogens is 817 g/mol. The van der Waals surface area contributed by atoms with Crippen LogP contribution in [0.25, 0.3) is 52.8 Å². The van der Waals surface area contributed by atoms with Gasteiger partial charge in [0.1, 0.15) is 0 Å². The third kappa shape index (κ3) is 5.94. The number of benzene rings is 11. The van der Waals surface area contributed by atoms with E-state index in [9.17, 15) is 5.48 Å². The number of hydrogen-bond donors (Lipinski definition) is 0. The zero-order valence-electron chi connectivity index (χ0n) is 42.5. The summed E-state index contributed by atoms with van der Waals surface area (Å²) in [6, 6.07) is 70.2. The molecule has 3 heteroatoms. The van der Waals surface area contributed by atoms with Crippen LogP contribution in [0, 0.1) is 0 Å². The second-order valence-electron chi connectivity index (χ2n) is 16.7. The molecule has 1 heterocycles. The zero-order valence-corrected chi connectivity index (χ0v) is 36.3. The van der Waals surface area contributed by atoms with Crippen molar-refractivity contribution >= 4 is 87.2 Å². The standard InChI is InChI=1S/C63H42N2S/c1-4-22-47(23-5-1)64(48-24-6-2-7-25-48)50-36-38-56-54(41-50)55-42-51(65(49-26-8-3-9-27-49)59-31-16-21-44-19-12-13-28-52(44)59)37-39-57(55)63(56,46-35-34-43-18-10-11-20-45(43)40-46)58-30-17-33-61-62(58)53-29-14-15-32-60(53)66-61/h1-42H/i10D,11D,18D,20D,34D,35D,40D. The van der Waals surface area contributed by atoms with E-state index in [2.05, 4.69) is 149 Å². The fraction of sp³-hybridized carbons (Fsp3) is 0.0159. The molecule has 0 amide bonds. The van der Waals surface area contributed by atoms with Crippen LogP contribution in [-0.4, -0.2) is 0 Å². The predicted octanol–water partition coefficient (Wildman–Crippen LogP) is 17.7. The second kappa shape index (κ2) is 15.5. The lowest BCUT2D eigenvalue weighted by Crippen LogP contribution is -2.29. The van der Waals surface area contributed by atoms with E-state index in [1.54, 1.807) is 11.3 Å². The number of para-hydroxylation sites is 3. The molecule has 0 saturated heterocycles. The molecule has 0 N–H and O–H groups in total. The minimum absolute atomic E-state index is 0.0856. The van der Waals surface area contributed by atoms with Crippen LogP contribution in [-0.2, 0) is 5.41 Å². The van der Waals surface area contributed by atoms with Crippen LogP contribution in [0.3, 0.4) is 0 Å². The molecule has 310 valence electrons. The molecule has 0 aliphatic heterocycles. The third-order valence-electron chi connectivity index (χ3n) is 13.1. The van der Waals surface area contributed by atoms with Crippen molar-refractivity contribution in [2.75, 3.05) is 9.80 Å². The Morgan fingerprint density at radius 3 is 1.62 bits per heavy atom. The van der Waals surface area contributed by atoms with Crippen LogP contribution < -0.4 is 9.80 Å². The molecule has 0 saturated carbocycles. The van der Waals surface area contributed by atoms with Crippen molar-refractivity contribution in [2.24, 2.45) is 0 Å². The molecule has 1 aliphatic carbocycles. The molecular formula is C63H42N2S. The van der Waals surface area contributed by atoms with E-state index in [1.165, 1.54) is 0 Å². The van der Waals surface area contributed by atoms with Crippen molar-refractivity contribution in [3.8, 4) is 11.1 Å². The van der Waals surface area contributed by atoms with Gasteiger partial charge in [0.25, 0.3) is 0 Å². The largest absolute Gasteiger partial charge is 0.310 e. The van der Waals surface area contributed by atoms with Gasteiger partial charge in [0.15, 0.2) is 0 Å². The molecule has 66 heavy (non-hydrogen) atoms. The SMILES string of the molecule is [2H]c1c([2H])c([2H])c2c([2H])c(C3(c4cccc5sc6ccccc6c45)c4ccc(N(c5ccccc5)c5ccccc5)cc4-c4cc(N(c5ccccc5)c5cccc6ccccc56)ccc43)c([2H])c([2H])c2c1[2H]. The van der Waals surface area contributed by atoms with Gasteiger partial charge in [-0.05, 0) is 134 Å². The lowest BCUT2D eigenvalue weighted by molar-refractivity contribution is 0.778. The summed E-state index contributed by atoms with van der Waals surface area (Å²) >= 11 is 1.67. The van der Waals surface area contributed by atoms with Crippen LogP contribution in [0.1, 0.15) is 31.8 Å². The molecule has 1 aromatic heterocycles. The van der Waals surface area contributed by atoms with Crippen LogP contribution in [0.15, 0.2) is 255 Å². The minimum atomic E-state index is -1.47. The third-order valence-corrected chi connectivity index (χ3v) is 14.2. The Morgan fingerprint density at radius 1 is 0.379 bits per heavy atom. The molecule has 13 rings (SSSR count). The van der Waals surface area contributed by atoms with Crippen molar-refractivity contribution in [1.29, 1.82) is 0 Å². The van der Waals surface area contributed by atoms with Gasteiger partial charge in [-0.25, -0.2) is 0 Å². The molecule has 0 radical (unpaired) electrons. The second-order valence-corrected chi connectivity index (χ2v) is 17.7. The Hall–Kier alpha value is -8.24. The summed E-state index contributed by atoms with van der Waals surface area (Å²) in [5.74, 6) is 0. The lowest BCUT2D eigenvalue weighted by Gasteiger charge is -2.35. The first-order chi connectivity index (χ1) is 35.7. The highest BCUT2D eigenvalue weighted by molar-refractivity contribution is 7.25. The summed E-state index contributed by atoms with van der Waals surface area (Å²) < 4.78 is 68.4. The molecule has 2 nitrogen and oxygen atoms in total. The number of nitrogens with zero attached hydrogens (tertiary/aromatic N) is 2. The van der Waals surface area contributed by atoms with Crippen LogP contribution in [0.4, 0.5) is 34.1 Å². The molecule has 0 spiro atoms. The quantitative estimate of drug-likeness (QED) is 0.150. The Morgan fingerprint density at radius 2 is 0.924 bits per heavy atom. The summed E-state index contributed by atoms with van der Waals surface area (Å²) in [5, 5.41) is 3.91. The van der Waals surface area contributed by atoms with Gasteiger partial charge in [0.2, 0.25) is 0 Å². The fourth-order valence-corrected chi connectivity index (χ4v) is 11.5. The van der Waals surface area contributed by atoms with Crippen LogP contribution in [0.5, 0.6) is 0 Å². The normalized spacial score (nSPS) is 15.6. The first-order valence-electron chi connectivity index (χ1n) is 25.6. The summed E-state index contributed by atoms with van der Waals surface area (Å²) in [4.78, 5) is 4.50. The van der Waals surface area contributed by atoms with Crippen LogP contribution >= 0.6 is 11.3 Å². The maximum atomic E-state index is 10.4. The Kier molecular flexibility index (Phi) is 7.41. The summed E-state index contributed by atoms with van der Waals surface area (Å²) in [5.41, 5.74) is 8.39. The molecule has 0 fully saturated rings. The number of anilines is 6. The Labute approximate surface area is 398 Å². The highest BCUT2D eigenvalue weighted by atomic mass is 32.1. The van der Waals surface area contributed by atoms with Gasteiger partial charge in [-0.15, -0.1) is 11.3 Å². The van der Waals surface area contributed by atoms with E-state index < -0.39 is 29.6 Å². The van der Waals surface area contributed by atoms with E-state index in [0.29, 0.717) is 0 Å². The van der Waals surface area contributed by atoms with E-state index in [1.807, 2.05) is 72.8 Å². The van der Waals surface area contributed by atoms with Gasteiger partial charge in [-0.2, -0.15) is 0 Å². The van der Waals surface area contributed by atoms with Crippen LogP contribution in [0.2, 0.25) is 0 Å². The average Bonchev–Trinajstić information content (AvgIpc) is 3.97. The molecule has 1 aliphatic rings. The van der Waals surface area contributed by atoms with Crippen molar-refractivity contribution < 1.29 is 9.60 Å².